The molecule has 1 amide bonds. The summed E-state index contributed by atoms with van der Waals surface area (Å²) in [6, 6.07) is 12.1. The first kappa shape index (κ1) is 18.1. The molecule has 0 fully saturated rings. The maximum atomic E-state index is 12.2. The smallest absolute Gasteiger partial charge is 0.255 e. The first-order chi connectivity index (χ1) is 11.6. The van der Waals surface area contributed by atoms with Gasteiger partial charge in [0.05, 0.1) is 17.3 Å². The van der Waals surface area contributed by atoms with Crippen LogP contribution in [0.4, 0.5) is 11.4 Å². The summed E-state index contributed by atoms with van der Waals surface area (Å²) in [5.41, 5.74) is 7.33. The Kier molecular flexibility index (Phi) is 6.94. The van der Waals surface area contributed by atoms with Crippen molar-refractivity contribution >= 4 is 28.9 Å². The lowest BCUT2D eigenvalue weighted by Gasteiger charge is -2.09. The van der Waals surface area contributed by atoms with Crippen LogP contribution in [0.2, 0.25) is 5.02 Å². The van der Waals surface area contributed by atoms with Crippen molar-refractivity contribution in [1.29, 1.82) is 0 Å². The van der Waals surface area contributed by atoms with E-state index in [1.54, 1.807) is 30.3 Å². The Bertz CT molecular complexity index is 672. The van der Waals surface area contributed by atoms with Crippen LogP contribution in [0, 0.1) is 0 Å². The summed E-state index contributed by atoms with van der Waals surface area (Å²) in [5.74, 6) is 0.574. The number of nitrogens with one attached hydrogen (secondary N) is 1. The molecule has 0 aliphatic heterocycles. The minimum Gasteiger partial charge on any atom is -0.494 e. The number of nitrogens with two attached hydrogens (primary N) is 1. The van der Waals surface area contributed by atoms with Crippen LogP contribution in [-0.4, -0.2) is 12.5 Å². The van der Waals surface area contributed by atoms with Crippen LogP contribution in [0.1, 0.15) is 43.0 Å². The molecular formula is C19H23ClN2O2. The minimum atomic E-state index is -0.203. The molecule has 0 saturated carbocycles. The average Bonchev–Trinajstić information content (AvgIpc) is 2.58. The molecule has 128 valence electrons. The van der Waals surface area contributed by atoms with Gasteiger partial charge in [0.2, 0.25) is 0 Å². The van der Waals surface area contributed by atoms with E-state index in [-0.39, 0.29) is 5.91 Å². The summed E-state index contributed by atoms with van der Waals surface area (Å²) in [6.45, 7) is 2.89. The number of ether oxygens (including phenoxy) is 1. The van der Waals surface area contributed by atoms with E-state index in [0.29, 0.717) is 28.6 Å². The van der Waals surface area contributed by atoms with Crippen LogP contribution in [0.3, 0.4) is 0 Å². The van der Waals surface area contributed by atoms with E-state index in [9.17, 15) is 4.79 Å². The highest BCUT2D eigenvalue weighted by Crippen LogP contribution is 2.23. The highest BCUT2D eigenvalue weighted by molar-refractivity contribution is 6.33. The monoisotopic (exact) mass is 346 g/mol. The third-order valence-electron chi connectivity index (χ3n) is 3.64. The molecule has 0 aliphatic rings. The predicted molar refractivity (Wildman–Crippen MR) is 99.9 cm³/mol. The molecule has 0 unspecified atom stereocenters. The lowest BCUT2D eigenvalue weighted by atomic mass is 10.2. The molecule has 0 radical (unpaired) electrons. The van der Waals surface area contributed by atoms with Gasteiger partial charge < -0.3 is 15.8 Å². The number of carbonyl (C=O) groups is 1. The van der Waals surface area contributed by atoms with E-state index >= 15 is 0 Å². The highest BCUT2D eigenvalue weighted by Gasteiger charge is 2.07. The number of unbranched alkanes of at least 4 members (excludes halogenated alkanes) is 3. The molecule has 0 heterocycles. The van der Waals surface area contributed by atoms with Crippen LogP contribution < -0.4 is 15.8 Å². The Morgan fingerprint density at radius 1 is 1.12 bits per heavy atom. The topological polar surface area (TPSA) is 64.3 Å². The zero-order valence-corrected chi connectivity index (χ0v) is 14.6. The minimum absolute atomic E-state index is 0.203. The predicted octanol–water partition coefficient (Wildman–Crippen LogP) is 5.13. The molecule has 0 aromatic heterocycles. The van der Waals surface area contributed by atoms with E-state index in [1.165, 1.54) is 19.3 Å². The zero-order chi connectivity index (χ0) is 17.4. The van der Waals surface area contributed by atoms with Crippen LogP contribution >= 0.6 is 11.6 Å². The van der Waals surface area contributed by atoms with Crippen LogP contribution in [0.25, 0.3) is 0 Å². The van der Waals surface area contributed by atoms with Gasteiger partial charge in [0, 0.05) is 11.3 Å². The number of halogens is 1. The summed E-state index contributed by atoms with van der Waals surface area (Å²) in [4.78, 5) is 12.2. The summed E-state index contributed by atoms with van der Waals surface area (Å²) in [7, 11) is 0. The number of nitrogen functional groups attached to an aromatic ring is 1. The Hall–Kier alpha value is -2.20. The SMILES string of the molecule is CCCCCCOc1ccc(C(=O)Nc2ccc(Cl)c(N)c2)cc1. The van der Waals surface area contributed by atoms with Gasteiger partial charge in [0.15, 0.2) is 0 Å². The van der Waals surface area contributed by atoms with Crippen molar-refractivity contribution in [2.45, 2.75) is 32.6 Å². The number of hydrogen-bond donors (Lipinski definition) is 2. The van der Waals surface area contributed by atoms with Crippen molar-refractivity contribution in [3.63, 3.8) is 0 Å². The van der Waals surface area contributed by atoms with Gasteiger partial charge in [-0.3, -0.25) is 4.79 Å². The first-order valence-corrected chi connectivity index (χ1v) is 8.57. The Labute approximate surface area is 148 Å². The Morgan fingerprint density at radius 2 is 1.88 bits per heavy atom. The second-order valence-electron chi connectivity index (χ2n) is 5.62. The molecule has 4 nitrogen and oxygen atoms in total. The van der Waals surface area contributed by atoms with Crippen molar-refractivity contribution in [1.82, 2.24) is 0 Å². The van der Waals surface area contributed by atoms with Crippen LogP contribution in [0.15, 0.2) is 42.5 Å². The van der Waals surface area contributed by atoms with Gasteiger partial charge in [-0.15, -0.1) is 0 Å². The molecular weight excluding hydrogens is 324 g/mol. The number of amides is 1. The Morgan fingerprint density at radius 3 is 2.54 bits per heavy atom. The number of hydrogen-bond acceptors (Lipinski definition) is 3. The normalized spacial score (nSPS) is 10.4. The maximum Gasteiger partial charge on any atom is 0.255 e. The molecule has 0 atom stereocenters. The molecule has 0 saturated heterocycles. The summed E-state index contributed by atoms with van der Waals surface area (Å²) in [6.07, 6.45) is 4.68. The van der Waals surface area contributed by atoms with E-state index in [0.717, 1.165) is 12.2 Å². The fourth-order valence-electron chi connectivity index (χ4n) is 2.25. The number of carbonyl (C=O) groups excluding carboxylic acids is 1. The number of rotatable bonds is 8. The summed E-state index contributed by atoms with van der Waals surface area (Å²) in [5, 5.41) is 3.26. The number of anilines is 2. The van der Waals surface area contributed by atoms with Gasteiger partial charge in [-0.2, -0.15) is 0 Å². The number of benzene rings is 2. The van der Waals surface area contributed by atoms with Gasteiger partial charge in [0.1, 0.15) is 5.75 Å². The van der Waals surface area contributed by atoms with Crippen molar-refractivity contribution in [2.75, 3.05) is 17.7 Å². The highest BCUT2D eigenvalue weighted by atomic mass is 35.5. The van der Waals surface area contributed by atoms with Crippen molar-refractivity contribution < 1.29 is 9.53 Å². The van der Waals surface area contributed by atoms with Gasteiger partial charge in [0.25, 0.3) is 5.91 Å². The lowest BCUT2D eigenvalue weighted by molar-refractivity contribution is 0.102. The maximum absolute atomic E-state index is 12.2. The lowest BCUT2D eigenvalue weighted by Crippen LogP contribution is -2.12. The van der Waals surface area contributed by atoms with Gasteiger partial charge >= 0.3 is 0 Å². The van der Waals surface area contributed by atoms with E-state index in [2.05, 4.69) is 12.2 Å². The molecule has 3 N–H and O–H groups in total. The fraction of sp³-hybridized carbons (Fsp3) is 0.316. The third kappa shape index (κ3) is 5.46. The average molecular weight is 347 g/mol. The van der Waals surface area contributed by atoms with E-state index in [4.69, 9.17) is 22.1 Å². The molecule has 2 rings (SSSR count). The largest absolute Gasteiger partial charge is 0.494 e. The van der Waals surface area contributed by atoms with Crippen molar-refractivity contribution in [2.24, 2.45) is 0 Å². The fourth-order valence-corrected chi connectivity index (χ4v) is 2.36. The van der Waals surface area contributed by atoms with Crippen molar-refractivity contribution in [3.05, 3.63) is 53.1 Å². The van der Waals surface area contributed by atoms with Gasteiger partial charge in [-0.05, 0) is 48.9 Å². The van der Waals surface area contributed by atoms with Crippen LogP contribution in [0.5, 0.6) is 5.75 Å². The van der Waals surface area contributed by atoms with E-state index in [1.807, 2.05) is 12.1 Å². The molecule has 2 aromatic rings. The standard InChI is InChI=1S/C19H23ClN2O2/c1-2-3-4-5-12-24-16-9-6-14(7-10-16)19(23)22-15-8-11-17(20)18(21)13-15/h6-11,13H,2-5,12,21H2,1H3,(H,22,23). The van der Waals surface area contributed by atoms with Crippen LogP contribution in [-0.2, 0) is 0 Å². The summed E-state index contributed by atoms with van der Waals surface area (Å²) >= 11 is 5.87. The molecule has 5 heteroatoms. The first-order valence-electron chi connectivity index (χ1n) is 8.19. The van der Waals surface area contributed by atoms with Crippen molar-refractivity contribution in [3.8, 4) is 5.75 Å². The second kappa shape index (κ2) is 9.18. The van der Waals surface area contributed by atoms with Gasteiger partial charge in [-0.25, -0.2) is 0 Å². The van der Waals surface area contributed by atoms with Gasteiger partial charge in [-0.1, -0.05) is 37.8 Å². The zero-order valence-electron chi connectivity index (χ0n) is 13.8. The second-order valence-corrected chi connectivity index (χ2v) is 6.03. The Balaban J connectivity index is 1.87. The molecule has 0 spiro atoms. The molecule has 24 heavy (non-hydrogen) atoms. The third-order valence-corrected chi connectivity index (χ3v) is 3.98. The van der Waals surface area contributed by atoms with E-state index < -0.39 is 0 Å². The quantitative estimate of drug-likeness (QED) is 0.514. The molecule has 2 aromatic carbocycles. The summed E-state index contributed by atoms with van der Waals surface area (Å²) < 4.78 is 5.67. The molecule has 0 bridgehead atoms. The molecule has 0 aliphatic carbocycles.